The predicted molar refractivity (Wildman–Crippen MR) is 56.2 cm³/mol. The van der Waals surface area contributed by atoms with Crippen molar-refractivity contribution in [3.8, 4) is 0 Å². The maximum Gasteiger partial charge on any atom is -0.00444 e. The lowest BCUT2D eigenvalue weighted by Crippen LogP contribution is -2.06. The molecule has 0 heterocycles. The highest BCUT2D eigenvalue weighted by Gasteiger charge is 2.08. The van der Waals surface area contributed by atoms with Crippen LogP contribution in [0.1, 0.15) is 41.0 Å². The molecule has 0 radical (unpaired) electrons. The van der Waals surface area contributed by atoms with E-state index in [0.29, 0.717) is 5.41 Å². The lowest BCUT2D eigenvalue weighted by molar-refractivity contribution is 0.401. The van der Waals surface area contributed by atoms with E-state index >= 15 is 0 Å². The van der Waals surface area contributed by atoms with E-state index in [4.69, 9.17) is 0 Å². The number of rotatable bonds is 4. The minimum absolute atomic E-state index is 0.518. The van der Waals surface area contributed by atoms with E-state index in [1.807, 2.05) is 0 Å². The summed E-state index contributed by atoms with van der Waals surface area (Å²) in [7, 11) is 0. The van der Waals surface area contributed by atoms with Crippen molar-refractivity contribution in [2.24, 2.45) is 11.3 Å². The highest BCUT2D eigenvalue weighted by atomic mass is 32.2. The molecular weight excluding hydrogens is 152 g/mol. The van der Waals surface area contributed by atoms with Crippen LogP contribution in [0.2, 0.25) is 0 Å². The molecule has 0 aliphatic rings. The van der Waals surface area contributed by atoms with E-state index < -0.39 is 0 Å². The lowest BCUT2D eigenvalue weighted by atomic mass is 9.94. The highest BCUT2D eigenvalue weighted by Crippen LogP contribution is 2.21. The van der Waals surface area contributed by atoms with Crippen molar-refractivity contribution >= 4 is 11.8 Å². The van der Waals surface area contributed by atoms with Crippen LogP contribution in [0, 0.1) is 11.3 Å². The molecule has 0 aliphatic heterocycles. The molecular formula is C10H22S. The van der Waals surface area contributed by atoms with E-state index in [2.05, 4.69) is 46.4 Å². The maximum atomic E-state index is 2.31. The summed E-state index contributed by atoms with van der Waals surface area (Å²) in [5.41, 5.74) is 0.518. The fourth-order valence-corrected chi connectivity index (χ4v) is 2.09. The largest absolute Gasteiger partial charge is 0.162 e. The van der Waals surface area contributed by atoms with Crippen LogP contribution in [0.3, 0.4) is 0 Å². The third-order valence-corrected chi connectivity index (χ3v) is 2.84. The lowest BCUT2D eigenvalue weighted by Gasteiger charge is -2.17. The zero-order chi connectivity index (χ0) is 8.91. The van der Waals surface area contributed by atoms with Crippen LogP contribution in [-0.2, 0) is 0 Å². The van der Waals surface area contributed by atoms with Crippen LogP contribution in [0.25, 0.3) is 0 Å². The van der Waals surface area contributed by atoms with Crippen molar-refractivity contribution in [3.63, 3.8) is 0 Å². The Labute approximate surface area is 76.1 Å². The summed E-state index contributed by atoms with van der Waals surface area (Å²) in [6, 6.07) is 0. The summed E-state index contributed by atoms with van der Waals surface area (Å²) >= 11 is 2.09. The molecule has 0 saturated carbocycles. The van der Waals surface area contributed by atoms with E-state index in [-0.39, 0.29) is 0 Å². The van der Waals surface area contributed by atoms with Gasteiger partial charge in [0, 0.05) is 0 Å². The average molecular weight is 174 g/mol. The topological polar surface area (TPSA) is 0 Å². The van der Waals surface area contributed by atoms with Crippen LogP contribution >= 0.6 is 11.8 Å². The summed E-state index contributed by atoms with van der Waals surface area (Å²) in [6.07, 6.45) is 1.34. The first-order valence-corrected chi connectivity index (χ1v) is 5.65. The van der Waals surface area contributed by atoms with E-state index in [0.717, 1.165) is 5.92 Å². The van der Waals surface area contributed by atoms with Gasteiger partial charge in [-0.15, -0.1) is 0 Å². The van der Waals surface area contributed by atoms with Crippen LogP contribution in [0.5, 0.6) is 0 Å². The fraction of sp³-hybridized carbons (Fsp3) is 1.00. The van der Waals surface area contributed by atoms with Gasteiger partial charge in [0.15, 0.2) is 0 Å². The number of hydrogen-bond donors (Lipinski definition) is 0. The molecule has 0 N–H and O–H groups in total. The molecule has 11 heavy (non-hydrogen) atoms. The number of hydrogen-bond acceptors (Lipinski definition) is 1. The summed E-state index contributed by atoms with van der Waals surface area (Å²) in [5, 5.41) is 0. The minimum Gasteiger partial charge on any atom is -0.162 e. The molecule has 68 valence electrons. The molecule has 0 aromatic rings. The smallest absolute Gasteiger partial charge is 0.00444 e. The summed E-state index contributed by atoms with van der Waals surface area (Å²) < 4.78 is 0. The van der Waals surface area contributed by atoms with Crippen LogP contribution < -0.4 is 0 Å². The minimum atomic E-state index is 0.518. The Balaban J connectivity index is 3.15. The van der Waals surface area contributed by atoms with E-state index in [1.165, 1.54) is 17.9 Å². The molecule has 0 nitrogen and oxygen atoms in total. The second-order valence-electron chi connectivity index (χ2n) is 4.78. The summed E-state index contributed by atoms with van der Waals surface area (Å²) in [6.45, 7) is 11.5. The van der Waals surface area contributed by atoms with Crippen molar-refractivity contribution in [1.29, 1.82) is 0 Å². The Morgan fingerprint density at radius 1 is 1.18 bits per heavy atom. The normalized spacial score (nSPS) is 12.5. The van der Waals surface area contributed by atoms with Gasteiger partial charge in [-0.1, -0.05) is 34.6 Å². The highest BCUT2D eigenvalue weighted by molar-refractivity contribution is 7.99. The molecule has 0 amide bonds. The van der Waals surface area contributed by atoms with Gasteiger partial charge >= 0.3 is 0 Å². The Morgan fingerprint density at radius 2 is 1.73 bits per heavy atom. The Hall–Kier alpha value is 0.350. The fourth-order valence-electron chi connectivity index (χ4n) is 0.697. The predicted octanol–water partition coefficient (Wildman–Crippen LogP) is 3.81. The first-order valence-electron chi connectivity index (χ1n) is 4.49. The first-order chi connectivity index (χ1) is 4.92. The van der Waals surface area contributed by atoms with Crippen molar-refractivity contribution in [2.75, 3.05) is 11.5 Å². The van der Waals surface area contributed by atoms with Crippen molar-refractivity contribution in [3.05, 3.63) is 0 Å². The van der Waals surface area contributed by atoms with Crippen molar-refractivity contribution < 1.29 is 0 Å². The zero-order valence-corrected chi connectivity index (χ0v) is 9.42. The maximum absolute atomic E-state index is 2.31. The number of thioether (sulfide) groups is 1. The van der Waals surface area contributed by atoms with Gasteiger partial charge in [-0.3, -0.25) is 0 Å². The SMILES string of the molecule is CC(C)CSCCC(C)(C)C. The molecule has 0 unspecified atom stereocenters. The van der Waals surface area contributed by atoms with Gasteiger partial charge in [-0.25, -0.2) is 0 Å². The quantitative estimate of drug-likeness (QED) is 0.584. The Morgan fingerprint density at radius 3 is 2.09 bits per heavy atom. The van der Waals surface area contributed by atoms with Crippen molar-refractivity contribution in [2.45, 2.75) is 41.0 Å². The molecule has 0 aromatic heterocycles. The Bertz CT molecular complexity index is 89.5. The summed E-state index contributed by atoms with van der Waals surface area (Å²) in [4.78, 5) is 0. The van der Waals surface area contributed by atoms with Gasteiger partial charge in [0.2, 0.25) is 0 Å². The van der Waals surface area contributed by atoms with Gasteiger partial charge in [-0.05, 0) is 29.3 Å². The molecule has 0 saturated heterocycles. The second kappa shape index (κ2) is 5.08. The monoisotopic (exact) mass is 174 g/mol. The third kappa shape index (κ3) is 10.4. The van der Waals surface area contributed by atoms with Crippen LogP contribution in [-0.4, -0.2) is 11.5 Å². The van der Waals surface area contributed by atoms with Crippen LogP contribution in [0.4, 0.5) is 0 Å². The molecule has 0 aromatic carbocycles. The van der Waals surface area contributed by atoms with Crippen molar-refractivity contribution in [1.82, 2.24) is 0 Å². The molecule has 0 spiro atoms. The molecule has 1 heteroatoms. The van der Waals surface area contributed by atoms with Gasteiger partial charge in [0.25, 0.3) is 0 Å². The second-order valence-corrected chi connectivity index (χ2v) is 5.93. The van der Waals surface area contributed by atoms with E-state index in [1.54, 1.807) is 0 Å². The first kappa shape index (κ1) is 11.4. The van der Waals surface area contributed by atoms with Gasteiger partial charge < -0.3 is 0 Å². The van der Waals surface area contributed by atoms with Gasteiger partial charge in [0.1, 0.15) is 0 Å². The average Bonchev–Trinajstić information content (AvgIpc) is 1.78. The molecule has 0 fully saturated rings. The molecule has 0 aliphatic carbocycles. The Kier molecular flexibility index (Phi) is 5.24. The molecule has 0 rings (SSSR count). The van der Waals surface area contributed by atoms with E-state index in [9.17, 15) is 0 Å². The summed E-state index contributed by atoms with van der Waals surface area (Å²) in [5.74, 6) is 3.48. The van der Waals surface area contributed by atoms with Gasteiger partial charge in [0.05, 0.1) is 0 Å². The molecule has 0 atom stereocenters. The van der Waals surface area contributed by atoms with Gasteiger partial charge in [-0.2, -0.15) is 11.8 Å². The zero-order valence-electron chi connectivity index (χ0n) is 8.61. The van der Waals surface area contributed by atoms with Crippen LogP contribution in [0.15, 0.2) is 0 Å². The molecule has 0 bridgehead atoms. The standard InChI is InChI=1S/C10H22S/c1-9(2)8-11-7-6-10(3,4)5/h9H,6-8H2,1-5H3. The third-order valence-electron chi connectivity index (χ3n) is 1.45.